The van der Waals surface area contributed by atoms with Crippen LogP contribution in [0, 0.1) is 0 Å². The van der Waals surface area contributed by atoms with E-state index in [9.17, 15) is 9.59 Å². The summed E-state index contributed by atoms with van der Waals surface area (Å²) in [7, 11) is 0. The first-order valence-corrected chi connectivity index (χ1v) is 6.44. The number of carbonyl (C=O) groups excluding carboxylic acids is 1. The fourth-order valence-electron chi connectivity index (χ4n) is 0.983. The van der Waals surface area contributed by atoms with E-state index in [1.807, 2.05) is 0 Å². The molecule has 0 heterocycles. The van der Waals surface area contributed by atoms with E-state index in [0.717, 1.165) is 4.47 Å². The topological polar surface area (TPSA) is 66.4 Å². The van der Waals surface area contributed by atoms with Crippen LogP contribution >= 0.6 is 47.8 Å². The fraction of sp³-hybridized carbons (Fsp3) is 0.111. The van der Waals surface area contributed by atoms with E-state index >= 15 is 0 Å². The van der Waals surface area contributed by atoms with E-state index in [1.54, 1.807) is 12.1 Å². The predicted octanol–water partition coefficient (Wildman–Crippen LogP) is 3.39. The number of carboxylic acid groups (broad SMARTS) is 1. The molecular weight excluding hydrogens is 410 g/mol. The zero-order valence-corrected chi connectivity index (χ0v) is 12.5. The minimum Gasteiger partial charge on any atom is -0.481 e. The van der Waals surface area contributed by atoms with E-state index < -0.39 is 18.3 Å². The van der Waals surface area contributed by atoms with Gasteiger partial charge in [0.25, 0.3) is 0 Å². The third-order valence-electron chi connectivity index (χ3n) is 1.58. The number of halogens is 3. The third-order valence-corrected chi connectivity index (χ3v) is 3.29. The van der Waals surface area contributed by atoms with Gasteiger partial charge in [-0.3, -0.25) is 9.59 Å². The maximum absolute atomic E-state index is 11.3. The Labute approximate surface area is 117 Å². The Hall–Kier alpha value is -0.400. The van der Waals surface area contributed by atoms with Crippen molar-refractivity contribution in [3.63, 3.8) is 0 Å². The van der Waals surface area contributed by atoms with Gasteiger partial charge < -0.3 is 10.4 Å². The smallest absolute Gasteiger partial charge is 0.312 e. The van der Waals surface area contributed by atoms with Crippen molar-refractivity contribution in [1.29, 1.82) is 0 Å². The van der Waals surface area contributed by atoms with Crippen LogP contribution in [0.5, 0.6) is 0 Å². The molecule has 0 unspecified atom stereocenters. The maximum atomic E-state index is 11.3. The summed E-state index contributed by atoms with van der Waals surface area (Å²) in [6.45, 7) is 0. The molecule has 1 amide bonds. The number of hydrogen-bond acceptors (Lipinski definition) is 2. The van der Waals surface area contributed by atoms with Crippen molar-refractivity contribution in [3.05, 3.63) is 25.6 Å². The van der Waals surface area contributed by atoms with Crippen LogP contribution in [-0.4, -0.2) is 17.0 Å². The Morgan fingerprint density at radius 1 is 1.19 bits per heavy atom. The van der Waals surface area contributed by atoms with Crippen molar-refractivity contribution < 1.29 is 14.7 Å². The average Bonchev–Trinajstić information content (AvgIpc) is 2.09. The van der Waals surface area contributed by atoms with Crippen LogP contribution in [0.2, 0.25) is 0 Å². The molecule has 0 radical (unpaired) electrons. The van der Waals surface area contributed by atoms with E-state index in [2.05, 4.69) is 53.1 Å². The minimum absolute atomic E-state index is 0.509. The highest BCUT2D eigenvalue weighted by molar-refractivity contribution is 9.11. The Morgan fingerprint density at radius 3 is 2.12 bits per heavy atom. The van der Waals surface area contributed by atoms with Gasteiger partial charge in [0.1, 0.15) is 6.42 Å². The van der Waals surface area contributed by atoms with Gasteiger partial charge in [0.15, 0.2) is 0 Å². The molecule has 0 atom stereocenters. The summed E-state index contributed by atoms with van der Waals surface area (Å²) in [5.41, 5.74) is 0.509. The van der Waals surface area contributed by atoms with Crippen molar-refractivity contribution in [2.45, 2.75) is 6.42 Å². The zero-order chi connectivity index (χ0) is 12.3. The molecule has 0 aliphatic rings. The van der Waals surface area contributed by atoms with E-state index in [4.69, 9.17) is 5.11 Å². The number of aliphatic carboxylic acids is 1. The normalized spacial score (nSPS) is 9.94. The number of anilines is 1. The molecule has 0 aromatic heterocycles. The summed E-state index contributed by atoms with van der Waals surface area (Å²) in [4.78, 5) is 21.6. The number of amides is 1. The van der Waals surface area contributed by atoms with E-state index in [0.29, 0.717) is 14.6 Å². The van der Waals surface area contributed by atoms with Crippen molar-refractivity contribution >= 4 is 65.4 Å². The molecule has 0 saturated carbocycles. The Kier molecular flexibility index (Phi) is 4.94. The highest BCUT2D eigenvalue weighted by atomic mass is 79.9. The lowest BCUT2D eigenvalue weighted by Crippen LogP contribution is -2.16. The summed E-state index contributed by atoms with van der Waals surface area (Å²) in [6.07, 6.45) is -0.561. The van der Waals surface area contributed by atoms with Crippen LogP contribution in [0.4, 0.5) is 5.69 Å². The lowest BCUT2D eigenvalue weighted by molar-refractivity contribution is -0.139. The summed E-state index contributed by atoms with van der Waals surface area (Å²) >= 11 is 9.83. The summed E-state index contributed by atoms with van der Waals surface area (Å²) < 4.78 is 2.16. The van der Waals surface area contributed by atoms with Crippen molar-refractivity contribution in [1.82, 2.24) is 0 Å². The monoisotopic (exact) mass is 413 g/mol. The minimum atomic E-state index is -1.16. The molecule has 1 rings (SSSR count). The highest BCUT2D eigenvalue weighted by Gasteiger charge is 2.12. The molecule has 1 aromatic rings. The van der Waals surface area contributed by atoms with Crippen LogP contribution in [0.15, 0.2) is 25.6 Å². The van der Waals surface area contributed by atoms with Crippen molar-refractivity contribution in [2.75, 3.05) is 5.32 Å². The van der Waals surface area contributed by atoms with Gasteiger partial charge in [0, 0.05) is 13.4 Å². The second-order valence-corrected chi connectivity index (χ2v) is 5.49. The van der Waals surface area contributed by atoms with Gasteiger partial charge >= 0.3 is 5.97 Å². The molecule has 4 nitrogen and oxygen atoms in total. The van der Waals surface area contributed by atoms with Gasteiger partial charge in [-0.05, 0) is 44.0 Å². The van der Waals surface area contributed by atoms with Crippen LogP contribution in [0.25, 0.3) is 0 Å². The quantitative estimate of drug-likeness (QED) is 0.744. The number of hydrogen-bond donors (Lipinski definition) is 2. The first-order valence-electron chi connectivity index (χ1n) is 4.06. The van der Waals surface area contributed by atoms with Gasteiger partial charge in [0.05, 0.1) is 5.69 Å². The third kappa shape index (κ3) is 3.88. The molecule has 0 saturated heterocycles. The van der Waals surface area contributed by atoms with Gasteiger partial charge in [0.2, 0.25) is 5.91 Å². The SMILES string of the molecule is O=C(O)CC(=O)Nc1c(Br)cc(Br)cc1Br. The molecule has 7 heteroatoms. The van der Waals surface area contributed by atoms with Gasteiger partial charge in [-0.15, -0.1) is 0 Å². The number of benzene rings is 1. The summed E-state index contributed by atoms with van der Waals surface area (Å²) in [6, 6.07) is 3.50. The molecule has 16 heavy (non-hydrogen) atoms. The van der Waals surface area contributed by atoms with Gasteiger partial charge in [-0.2, -0.15) is 0 Å². The molecule has 0 aliphatic heterocycles. The Bertz CT molecular complexity index is 425. The first-order chi connectivity index (χ1) is 7.40. The lowest BCUT2D eigenvalue weighted by Gasteiger charge is -2.09. The van der Waals surface area contributed by atoms with Crippen LogP contribution < -0.4 is 5.32 Å². The fourth-order valence-corrected chi connectivity index (χ4v) is 3.44. The van der Waals surface area contributed by atoms with Crippen LogP contribution in [0.1, 0.15) is 6.42 Å². The first kappa shape index (κ1) is 13.7. The zero-order valence-electron chi connectivity index (χ0n) is 7.76. The number of carboxylic acids is 1. The second-order valence-electron chi connectivity index (χ2n) is 2.86. The van der Waals surface area contributed by atoms with Crippen molar-refractivity contribution in [3.8, 4) is 0 Å². The molecule has 0 aliphatic carbocycles. The molecule has 0 fully saturated rings. The predicted molar refractivity (Wildman–Crippen MR) is 70.4 cm³/mol. The average molecular weight is 416 g/mol. The molecule has 2 N–H and O–H groups in total. The van der Waals surface area contributed by atoms with Crippen LogP contribution in [0.3, 0.4) is 0 Å². The standard InChI is InChI=1S/C9H6Br3NO3/c10-4-1-5(11)9(6(12)2-4)13-7(14)3-8(15)16/h1-2H,3H2,(H,13,14)(H,15,16). The number of nitrogens with one attached hydrogen (secondary N) is 1. The highest BCUT2D eigenvalue weighted by Crippen LogP contribution is 2.34. The summed E-state index contributed by atoms with van der Waals surface area (Å²) in [5.74, 6) is -1.74. The molecule has 1 aromatic carbocycles. The molecule has 0 spiro atoms. The molecule has 0 bridgehead atoms. The largest absolute Gasteiger partial charge is 0.481 e. The number of carbonyl (C=O) groups is 2. The van der Waals surface area contributed by atoms with Gasteiger partial charge in [-0.1, -0.05) is 15.9 Å². The summed E-state index contributed by atoms with van der Waals surface area (Å²) in [5, 5.41) is 11.0. The van der Waals surface area contributed by atoms with E-state index in [-0.39, 0.29) is 0 Å². The lowest BCUT2D eigenvalue weighted by atomic mass is 10.3. The van der Waals surface area contributed by atoms with E-state index in [1.165, 1.54) is 0 Å². The maximum Gasteiger partial charge on any atom is 0.312 e. The Morgan fingerprint density at radius 2 is 1.69 bits per heavy atom. The van der Waals surface area contributed by atoms with Crippen molar-refractivity contribution in [2.24, 2.45) is 0 Å². The number of rotatable bonds is 3. The molecular formula is C9H6Br3NO3. The molecule has 86 valence electrons. The second kappa shape index (κ2) is 5.79. The van der Waals surface area contributed by atoms with Gasteiger partial charge in [-0.25, -0.2) is 0 Å². The van der Waals surface area contributed by atoms with Crippen LogP contribution in [-0.2, 0) is 9.59 Å². The Balaban J connectivity index is 2.89.